The smallest absolute Gasteiger partial charge is 0.339 e. The zero-order valence-electron chi connectivity index (χ0n) is 15.5. The summed E-state index contributed by atoms with van der Waals surface area (Å²) in [6.45, 7) is 8.07. The number of hydrogen-bond acceptors (Lipinski definition) is 5. The van der Waals surface area contributed by atoms with Gasteiger partial charge in [0, 0.05) is 22.6 Å². The second-order valence-electron chi connectivity index (χ2n) is 6.81. The highest BCUT2D eigenvalue weighted by atomic mass is 35.5. The summed E-state index contributed by atoms with van der Waals surface area (Å²) in [4.78, 5) is 13.0. The number of thiazole rings is 1. The Morgan fingerprint density at radius 2 is 1.92 bits per heavy atom. The lowest BCUT2D eigenvalue weighted by atomic mass is 9.93. The molecule has 0 atom stereocenters. The number of halogens is 1. The van der Waals surface area contributed by atoms with Gasteiger partial charge in [0.05, 0.1) is 12.7 Å². The van der Waals surface area contributed by atoms with Crippen molar-refractivity contribution in [3.63, 3.8) is 0 Å². The molecule has 0 aliphatic heterocycles. The highest BCUT2D eigenvalue weighted by Gasteiger charge is 2.25. The molecule has 1 aromatic carbocycles. The summed E-state index contributed by atoms with van der Waals surface area (Å²) >= 11 is 7.24. The third-order valence-electron chi connectivity index (χ3n) is 3.82. The molecular formula is C17H21ClN2O4S2. The number of aromatic nitrogens is 1. The third-order valence-corrected chi connectivity index (χ3v) is 7.14. The van der Waals surface area contributed by atoms with E-state index in [1.807, 2.05) is 6.92 Å². The van der Waals surface area contributed by atoms with E-state index in [1.165, 1.54) is 36.6 Å². The normalized spacial score (nSPS) is 13.1. The van der Waals surface area contributed by atoms with Crippen LogP contribution in [0.2, 0.25) is 5.02 Å². The molecule has 0 fully saturated rings. The monoisotopic (exact) mass is 416 g/mol. The largest absolute Gasteiger partial charge is 0.465 e. The van der Waals surface area contributed by atoms with Crippen LogP contribution >= 0.6 is 22.9 Å². The molecule has 26 heavy (non-hydrogen) atoms. The standard InChI is InChI=1S/C17H21ClN2O4S2/c1-10-14(17(2,3)4)25-16(20(10)5)19-26(22,23)13-9-11(18)7-8-12(13)15(21)24-6/h7-9H,1-6H3/b19-16-. The van der Waals surface area contributed by atoms with Crippen molar-refractivity contribution in [2.75, 3.05) is 7.11 Å². The van der Waals surface area contributed by atoms with Crippen LogP contribution in [0.1, 0.15) is 41.7 Å². The van der Waals surface area contributed by atoms with E-state index in [0.29, 0.717) is 4.80 Å². The molecule has 1 aromatic heterocycles. The van der Waals surface area contributed by atoms with Crippen LogP contribution in [-0.2, 0) is 27.2 Å². The van der Waals surface area contributed by atoms with Gasteiger partial charge >= 0.3 is 5.97 Å². The Labute approximate surface area is 162 Å². The zero-order chi connectivity index (χ0) is 19.9. The first-order chi connectivity index (χ1) is 11.9. The summed E-state index contributed by atoms with van der Waals surface area (Å²) in [5, 5.41) is 0.188. The molecular weight excluding hydrogens is 396 g/mol. The van der Waals surface area contributed by atoms with E-state index in [1.54, 1.807) is 11.6 Å². The molecule has 2 rings (SSSR count). The third kappa shape index (κ3) is 4.02. The number of nitrogens with zero attached hydrogens (tertiary/aromatic N) is 2. The van der Waals surface area contributed by atoms with Gasteiger partial charge in [0.25, 0.3) is 10.0 Å². The summed E-state index contributed by atoms with van der Waals surface area (Å²) in [7, 11) is -1.22. The van der Waals surface area contributed by atoms with Gasteiger partial charge in [0.1, 0.15) is 4.90 Å². The van der Waals surface area contributed by atoms with Crippen LogP contribution in [0, 0.1) is 6.92 Å². The lowest BCUT2D eigenvalue weighted by molar-refractivity contribution is 0.0596. The first-order valence-electron chi connectivity index (χ1n) is 7.74. The van der Waals surface area contributed by atoms with Gasteiger partial charge in [-0.2, -0.15) is 8.42 Å². The number of carbonyl (C=O) groups is 1. The number of carbonyl (C=O) groups excluding carboxylic acids is 1. The molecule has 0 radical (unpaired) electrons. The van der Waals surface area contributed by atoms with Gasteiger partial charge in [-0.05, 0) is 30.5 Å². The van der Waals surface area contributed by atoms with Crippen LogP contribution in [0.4, 0.5) is 0 Å². The highest BCUT2D eigenvalue weighted by Crippen LogP contribution is 2.28. The van der Waals surface area contributed by atoms with Gasteiger partial charge < -0.3 is 9.30 Å². The average Bonchev–Trinajstić information content (AvgIpc) is 2.82. The molecule has 0 aliphatic rings. The number of benzene rings is 1. The molecule has 2 aromatic rings. The Balaban J connectivity index is 2.73. The Hall–Kier alpha value is -1.64. The van der Waals surface area contributed by atoms with Crippen molar-refractivity contribution in [2.24, 2.45) is 11.4 Å². The first kappa shape index (κ1) is 20.7. The minimum absolute atomic E-state index is 0.104. The van der Waals surface area contributed by atoms with E-state index >= 15 is 0 Å². The maximum Gasteiger partial charge on any atom is 0.339 e. The topological polar surface area (TPSA) is 77.7 Å². The van der Waals surface area contributed by atoms with Crippen LogP contribution in [0.15, 0.2) is 27.5 Å². The minimum Gasteiger partial charge on any atom is -0.465 e. The van der Waals surface area contributed by atoms with Crippen molar-refractivity contribution < 1.29 is 17.9 Å². The molecule has 0 amide bonds. The van der Waals surface area contributed by atoms with Crippen LogP contribution < -0.4 is 4.80 Å². The molecule has 0 saturated heterocycles. The van der Waals surface area contributed by atoms with Crippen molar-refractivity contribution in [1.82, 2.24) is 4.57 Å². The number of esters is 1. The lowest BCUT2D eigenvalue weighted by Gasteiger charge is -2.17. The summed E-state index contributed by atoms with van der Waals surface area (Å²) in [6, 6.07) is 3.95. The Morgan fingerprint density at radius 3 is 2.42 bits per heavy atom. The van der Waals surface area contributed by atoms with Gasteiger partial charge in [-0.15, -0.1) is 15.7 Å². The Kier molecular flexibility index (Phi) is 5.70. The average molecular weight is 417 g/mol. The van der Waals surface area contributed by atoms with Crippen LogP contribution in [0.5, 0.6) is 0 Å². The maximum atomic E-state index is 12.9. The van der Waals surface area contributed by atoms with E-state index in [4.69, 9.17) is 11.6 Å². The van der Waals surface area contributed by atoms with E-state index in [-0.39, 0.29) is 20.9 Å². The van der Waals surface area contributed by atoms with Crippen LogP contribution in [0.3, 0.4) is 0 Å². The van der Waals surface area contributed by atoms with Gasteiger partial charge in [-0.1, -0.05) is 32.4 Å². The molecule has 0 bridgehead atoms. The fourth-order valence-corrected chi connectivity index (χ4v) is 5.30. The number of methoxy groups -OCH3 is 1. The molecule has 0 aliphatic carbocycles. The summed E-state index contributed by atoms with van der Waals surface area (Å²) in [6.07, 6.45) is 0. The van der Waals surface area contributed by atoms with Crippen molar-refractivity contribution in [1.29, 1.82) is 0 Å². The molecule has 142 valence electrons. The van der Waals surface area contributed by atoms with Gasteiger partial charge in [0.2, 0.25) is 4.80 Å². The lowest BCUT2D eigenvalue weighted by Crippen LogP contribution is -2.17. The quantitative estimate of drug-likeness (QED) is 0.718. The molecule has 9 heteroatoms. The highest BCUT2D eigenvalue weighted by molar-refractivity contribution is 7.90. The Bertz CT molecular complexity index is 1030. The predicted octanol–water partition coefficient (Wildman–Crippen LogP) is 3.42. The maximum absolute atomic E-state index is 12.9. The molecule has 0 saturated carbocycles. The Morgan fingerprint density at radius 1 is 1.31 bits per heavy atom. The van der Waals surface area contributed by atoms with Crippen LogP contribution in [0.25, 0.3) is 0 Å². The van der Waals surface area contributed by atoms with E-state index < -0.39 is 16.0 Å². The van der Waals surface area contributed by atoms with E-state index in [9.17, 15) is 13.2 Å². The van der Waals surface area contributed by atoms with Crippen LogP contribution in [-0.4, -0.2) is 26.1 Å². The fraction of sp³-hybridized carbons (Fsp3) is 0.412. The molecule has 0 N–H and O–H groups in total. The van der Waals surface area contributed by atoms with Gasteiger partial charge in [-0.3, -0.25) is 0 Å². The summed E-state index contributed by atoms with van der Waals surface area (Å²) in [5.74, 6) is -0.766. The number of sulfonamides is 1. The SMILES string of the molecule is COC(=O)c1ccc(Cl)cc1S(=O)(=O)/N=c1\sc(C(C)(C)C)c(C)n1C. The fourth-order valence-electron chi connectivity index (χ4n) is 2.45. The van der Waals surface area contributed by atoms with Crippen molar-refractivity contribution in [3.05, 3.63) is 44.2 Å². The van der Waals surface area contributed by atoms with Crippen molar-refractivity contribution in [3.8, 4) is 0 Å². The predicted molar refractivity (Wildman–Crippen MR) is 102 cm³/mol. The number of hydrogen-bond donors (Lipinski definition) is 0. The summed E-state index contributed by atoms with van der Waals surface area (Å²) in [5.41, 5.74) is 0.695. The van der Waals surface area contributed by atoms with E-state index in [0.717, 1.165) is 10.6 Å². The number of rotatable bonds is 3. The minimum atomic E-state index is -4.16. The van der Waals surface area contributed by atoms with Crippen molar-refractivity contribution >= 4 is 38.9 Å². The van der Waals surface area contributed by atoms with E-state index in [2.05, 4.69) is 29.9 Å². The van der Waals surface area contributed by atoms with Gasteiger partial charge in [-0.25, -0.2) is 4.79 Å². The molecule has 1 heterocycles. The summed E-state index contributed by atoms with van der Waals surface area (Å²) < 4.78 is 36.1. The second kappa shape index (κ2) is 7.17. The van der Waals surface area contributed by atoms with Crippen molar-refractivity contribution in [2.45, 2.75) is 38.0 Å². The molecule has 6 nitrogen and oxygen atoms in total. The molecule has 0 unspecified atom stereocenters. The molecule has 0 spiro atoms. The number of ether oxygens (including phenoxy) is 1. The second-order valence-corrected chi connectivity index (χ2v) is 9.79. The first-order valence-corrected chi connectivity index (χ1v) is 10.4. The van der Waals surface area contributed by atoms with Gasteiger partial charge in [0.15, 0.2) is 0 Å². The zero-order valence-corrected chi connectivity index (χ0v) is 17.8.